The fourth-order valence-electron chi connectivity index (χ4n) is 2.17. The van der Waals surface area contributed by atoms with Crippen LogP contribution in [0.25, 0.3) is 0 Å². The van der Waals surface area contributed by atoms with E-state index >= 15 is 0 Å². The Morgan fingerprint density at radius 3 is 2.60 bits per heavy atom. The fraction of sp³-hybridized carbons (Fsp3) is 0.231. The van der Waals surface area contributed by atoms with Gasteiger partial charge >= 0.3 is 0 Å². The molecule has 0 aliphatic carbocycles. The third kappa shape index (κ3) is 2.62. The molecule has 3 rings (SSSR count). The molecule has 2 nitrogen and oxygen atoms in total. The highest BCUT2D eigenvalue weighted by molar-refractivity contribution is 8.00. The maximum atomic E-state index is 12.0. The van der Waals surface area contributed by atoms with Gasteiger partial charge in [0.25, 0.3) is 0 Å². The third-order valence-corrected chi connectivity index (χ3v) is 8.77. The molecule has 106 valence electrons. The molecule has 7 heteroatoms. The molecule has 0 unspecified atom stereocenters. The van der Waals surface area contributed by atoms with Crippen molar-refractivity contribution in [2.45, 2.75) is 20.8 Å². The van der Waals surface area contributed by atoms with Crippen LogP contribution >= 0.6 is 46.3 Å². The molecule has 1 aromatic carbocycles. The highest BCUT2D eigenvalue weighted by atomic mass is 35.5. The first-order valence-electron chi connectivity index (χ1n) is 5.90. The third-order valence-electron chi connectivity index (χ3n) is 3.12. The van der Waals surface area contributed by atoms with Gasteiger partial charge in [0.15, 0.2) is 9.84 Å². The summed E-state index contributed by atoms with van der Waals surface area (Å²) in [6.45, 7) is 0. The Bertz CT molecular complexity index is 732. The van der Waals surface area contributed by atoms with Crippen molar-refractivity contribution in [3.8, 4) is 0 Å². The number of thioether (sulfide) groups is 1. The average Bonchev–Trinajstić information content (AvgIpc) is 2.87. The molecule has 0 radical (unpaired) electrons. The van der Waals surface area contributed by atoms with Crippen LogP contribution in [-0.2, 0) is 9.84 Å². The SMILES string of the molecule is O=S1(=O)CC[C@H](Sc2c(Cl)cccc2Cl)c2ccsc21. The summed E-state index contributed by atoms with van der Waals surface area (Å²) in [5, 5.41) is 3.12. The van der Waals surface area contributed by atoms with E-state index < -0.39 is 9.84 Å². The maximum absolute atomic E-state index is 12.0. The molecule has 20 heavy (non-hydrogen) atoms. The molecular weight excluding hydrogens is 355 g/mol. The lowest BCUT2D eigenvalue weighted by molar-refractivity contribution is 0.588. The Kier molecular flexibility index (Phi) is 4.08. The summed E-state index contributed by atoms with van der Waals surface area (Å²) >= 11 is 15.2. The van der Waals surface area contributed by atoms with Crippen molar-refractivity contribution in [2.75, 3.05) is 5.75 Å². The van der Waals surface area contributed by atoms with Crippen molar-refractivity contribution in [1.82, 2.24) is 0 Å². The number of halogens is 2. The van der Waals surface area contributed by atoms with Crippen molar-refractivity contribution in [3.05, 3.63) is 45.3 Å². The first kappa shape index (κ1) is 14.7. The maximum Gasteiger partial charge on any atom is 0.188 e. The summed E-state index contributed by atoms with van der Waals surface area (Å²) < 4.78 is 24.5. The summed E-state index contributed by atoms with van der Waals surface area (Å²) in [7, 11) is -3.10. The minimum absolute atomic E-state index is 0.0807. The second kappa shape index (κ2) is 5.54. The van der Waals surface area contributed by atoms with Crippen LogP contribution in [0, 0.1) is 0 Å². The quantitative estimate of drug-likeness (QED) is 0.746. The molecule has 0 bridgehead atoms. The Morgan fingerprint density at radius 2 is 1.90 bits per heavy atom. The monoisotopic (exact) mass is 364 g/mol. The molecule has 2 heterocycles. The summed E-state index contributed by atoms with van der Waals surface area (Å²) in [5.74, 6) is 0.181. The van der Waals surface area contributed by atoms with Crippen molar-refractivity contribution in [2.24, 2.45) is 0 Å². The summed E-state index contributed by atoms with van der Waals surface area (Å²) in [5.41, 5.74) is 0.877. The molecule has 0 spiro atoms. The first-order chi connectivity index (χ1) is 9.49. The largest absolute Gasteiger partial charge is 0.223 e. The molecule has 0 saturated heterocycles. The highest BCUT2D eigenvalue weighted by Gasteiger charge is 2.32. The Balaban J connectivity index is 1.98. The summed E-state index contributed by atoms with van der Waals surface area (Å²) in [6, 6.07) is 7.28. The lowest BCUT2D eigenvalue weighted by Gasteiger charge is -2.22. The Labute approximate surface area is 136 Å². The second-order valence-electron chi connectivity index (χ2n) is 4.43. The van der Waals surface area contributed by atoms with Gasteiger partial charge in [0.1, 0.15) is 4.21 Å². The summed E-state index contributed by atoms with van der Waals surface area (Å²) in [4.78, 5) is 0.817. The zero-order valence-electron chi connectivity index (χ0n) is 10.2. The number of rotatable bonds is 2. The van der Waals surface area contributed by atoms with E-state index in [1.54, 1.807) is 30.0 Å². The van der Waals surface area contributed by atoms with E-state index in [2.05, 4.69) is 0 Å². The van der Waals surface area contributed by atoms with Gasteiger partial charge < -0.3 is 0 Å². The van der Waals surface area contributed by atoms with Crippen LogP contribution in [0.1, 0.15) is 17.2 Å². The molecule has 1 atom stereocenters. The van der Waals surface area contributed by atoms with Gasteiger partial charge in [-0.25, -0.2) is 8.42 Å². The Morgan fingerprint density at radius 1 is 1.20 bits per heavy atom. The van der Waals surface area contributed by atoms with Gasteiger partial charge in [-0.3, -0.25) is 0 Å². The molecule has 1 aliphatic heterocycles. The number of sulfone groups is 1. The van der Waals surface area contributed by atoms with Crippen LogP contribution in [0.2, 0.25) is 10.0 Å². The lowest BCUT2D eigenvalue weighted by Crippen LogP contribution is -2.16. The van der Waals surface area contributed by atoms with Crippen LogP contribution in [0.5, 0.6) is 0 Å². The van der Waals surface area contributed by atoms with E-state index in [0.29, 0.717) is 20.7 Å². The van der Waals surface area contributed by atoms with Gasteiger partial charge in [0.2, 0.25) is 0 Å². The first-order valence-corrected chi connectivity index (χ1v) is 10.1. The number of benzene rings is 1. The predicted molar refractivity (Wildman–Crippen MR) is 86.0 cm³/mol. The van der Waals surface area contributed by atoms with Gasteiger partial charge in [-0.05, 0) is 35.6 Å². The molecule has 1 aromatic heterocycles. The van der Waals surface area contributed by atoms with Crippen molar-refractivity contribution < 1.29 is 8.42 Å². The van der Waals surface area contributed by atoms with Crippen LogP contribution in [-0.4, -0.2) is 14.2 Å². The fourth-order valence-corrected chi connectivity index (χ4v) is 7.32. The van der Waals surface area contributed by atoms with Gasteiger partial charge in [-0.15, -0.1) is 23.1 Å². The van der Waals surface area contributed by atoms with Gasteiger partial charge in [0, 0.05) is 10.1 Å². The van der Waals surface area contributed by atoms with Gasteiger partial charge in [-0.1, -0.05) is 29.3 Å². The van der Waals surface area contributed by atoms with E-state index in [-0.39, 0.29) is 11.0 Å². The molecule has 0 fully saturated rings. The number of hydrogen-bond acceptors (Lipinski definition) is 4. The van der Waals surface area contributed by atoms with Crippen LogP contribution in [0.4, 0.5) is 0 Å². The number of hydrogen-bond donors (Lipinski definition) is 0. The molecule has 1 aliphatic rings. The Hall–Kier alpha value is -0.200. The predicted octanol–water partition coefficient (Wildman–Crippen LogP) is 5.07. The molecular formula is C13H10Cl2O2S3. The van der Waals surface area contributed by atoms with Crippen molar-refractivity contribution >= 4 is 56.1 Å². The van der Waals surface area contributed by atoms with E-state index in [4.69, 9.17) is 23.2 Å². The minimum atomic E-state index is -3.10. The highest BCUT2D eigenvalue weighted by Crippen LogP contribution is 2.49. The van der Waals surface area contributed by atoms with E-state index in [9.17, 15) is 8.42 Å². The number of fused-ring (bicyclic) bond motifs is 1. The van der Waals surface area contributed by atoms with Crippen LogP contribution in [0.15, 0.2) is 38.8 Å². The van der Waals surface area contributed by atoms with E-state index in [1.165, 1.54) is 11.3 Å². The standard InChI is InChI=1S/C13H10Cl2O2S3/c14-9-2-1-3-10(15)12(9)19-11-5-7-20(16,17)13-8(11)4-6-18-13/h1-4,6,11H,5,7H2/t11-/m0/s1. The normalized spacial score (nSPS) is 20.6. The lowest BCUT2D eigenvalue weighted by atomic mass is 10.2. The van der Waals surface area contributed by atoms with E-state index in [1.807, 2.05) is 11.4 Å². The van der Waals surface area contributed by atoms with Crippen LogP contribution in [0.3, 0.4) is 0 Å². The van der Waals surface area contributed by atoms with Gasteiger partial charge in [-0.2, -0.15) is 0 Å². The van der Waals surface area contributed by atoms with Gasteiger partial charge in [0.05, 0.1) is 15.8 Å². The van der Waals surface area contributed by atoms with E-state index in [0.717, 1.165) is 10.5 Å². The minimum Gasteiger partial charge on any atom is -0.223 e. The zero-order valence-corrected chi connectivity index (χ0v) is 14.1. The smallest absolute Gasteiger partial charge is 0.188 e. The average molecular weight is 365 g/mol. The molecule has 0 amide bonds. The second-order valence-corrected chi connectivity index (χ2v) is 9.68. The molecule has 0 saturated carbocycles. The zero-order chi connectivity index (χ0) is 14.3. The number of thiophene rings is 1. The van der Waals surface area contributed by atoms with Crippen molar-refractivity contribution in [1.29, 1.82) is 0 Å². The summed E-state index contributed by atoms with van der Waals surface area (Å²) in [6.07, 6.45) is 0.582. The van der Waals surface area contributed by atoms with Crippen LogP contribution < -0.4 is 0 Å². The van der Waals surface area contributed by atoms with Crippen molar-refractivity contribution in [3.63, 3.8) is 0 Å². The molecule has 0 N–H and O–H groups in total. The molecule has 2 aromatic rings. The topological polar surface area (TPSA) is 34.1 Å².